The molecule has 0 aliphatic carbocycles. The predicted octanol–water partition coefficient (Wildman–Crippen LogP) is 5.07. The van der Waals surface area contributed by atoms with Gasteiger partial charge in [-0.15, -0.1) is 0 Å². The summed E-state index contributed by atoms with van der Waals surface area (Å²) < 4.78 is 11.2. The Morgan fingerprint density at radius 2 is 1.86 bits per heavy atom. The second kappa shape index (κ2) is 5.41. The summed E-state index contributed by atoms with van der Waals surface area (Å²) in [7, 11) is 0. The van der Waals surface area contributed by atoms with Gasteiger partial charge in [0.2, 0.25) is 0 Å². The van der Waals surface area contributed by atoms with E-state index in [4.69, 9.17) is 14.7 Å². The van der Waals surface area contributed by atoms with Gasteiger partial charge in [0.1, 0.15) is 0 Å². The van der Waals surface area contributed by atoms with E-state index in [2.05, 4.69) is 47.1 Å². The third-order valence-electron chi connectivity index (χ3n) is 3.45. The molecule has 3 rings (SSSR count). The maximum absolute atomic E-state index is 5.98. The molecule has 4 nitrogen and oxygen atoms in total. The maximum Gasteiger partial charge on any atom is 0.181 e. The molecule has 0 atom stereocenters. The standard InChI is InChI=1S/C16H15BrN2O2/c1-9(2)10-3-5-11(6-4-10)13-14(21-19-16(13)18)12-7-8-20-15(12)17/h3-9H,1-2H3,(H2,18,19). The molecule has 0 saturated heterocycles. The highest BCUT2D eigenvalue weighted by molar-refractivity contribution is 9.10. The first-order chi connectivity index (χ1) is 10.1. The highest BCUT2D eigenvalue weighted by atomic mass is 79.9. The average Bonchev–Trinajstić information content (AvgIpc) is 3.04. The van der Waals surface area contributed by atoms with Crippen LogP contribution in [0.3, 0.4) is 0 Å². The molecule has 0 saturated carbocycles. The van der Waals surface area contributed by atoms with Crippen LogP contribution in [0.1, 0.15) is 25.3 Å². The van der Waals surface area contributed by atoms with Gasteiger partial charge in [0.25, 0.3) is 0 Å². The lowest BCUT2D eigenvalue weighted by molar-refractivity contribution is 0.434. The van der Waals surface area contributed by atoms with Crippen molar-refractivity contribution < 1.29 is 8.94 Å². The molecular formula is C16H15BrN2O2. The van der Waals surface area contributed by atoms with Crippen LogP contribution in [0.5, 0.6) is 0 Å². The lowest BCUT2D eigenvalue weighted by Gasteiger charge is -2.07. The summed E-state index contributed by atoms with van der Waals surface area (Å²) in [5.41, 5.74) is 9.81. The Bertz CT molecular complexity index is 757. The van der Waals surface area contributed by atoms with Gasteiger partial charge in [-0.25, -0.2) is 0 Å². The molecular weight excluding hydrogens is 332 g/mol. The molecule has 0 radical (unpaired) electrons. The summed E-state index contributed by atoms with van der Waals surface area (Å²) in [4.78, 5) is 0. The van der Waals surface area contributed by atoms with Crippen LogP contribution in [0.25, 0.3) is 22.5 Å². The van der Waals surface area contributed by atoms with Gasteiger partial charge >= 0.3 is 0 Å². The van der Waals surface area contributed by atoms with Gasteiger partial charge in [0.05, 0.1) is 17.4 Å². The summed E-state index contributed by atoms with van der Waals surface area (Å²) >= 11 is 3.35. The second-order valence-electron chi connectivity index (χ2n) is 5.16. The number of nitrogens with two attached hydrogens (primary N) is 1. The van der Waals surface area contributed by atoms with Gasteiger partial charge in [-0.2, -0.15) is 0 Å². The Balaban J connectivity index is 2.10. The first-order valence-corrected chi connectivity index (χ1v) is 7.46. The van der Waals surface area contributed by atoms with Crippen molar-refractivity contribution in [2.45, 2.75) is 19.8 Å². The largest absolute Gasteiger partial charge is 0.457 e. The van der Waals surface area contributed by atoms with E-state index in [-0.39, 0.29) is 0 Å². The van der Waals surface area contributed by atoms with Gasteiger partial charge in [-0.3, -0.25) is 0 Å². The van der Waals surface area contributed by atoms with E-state index < -0.39 is 0 Å². The summed E-state index contributed by atoms with van der Waals surface area (Å²) in [6, 6.07) is 10.1. The quantitative estimate of drug-likeness (QED) is 0.718. The number of aromatic nitrogens is 1. The topological polar surface area (TPSA) is 65.2 Å². The molecule has 0 bridgehead atoms. The number of halogens is 1. The Hall–Kier alpha value is -2.01. The summed E-state index contributed by atoms with van der Waals surface area (Å²) in [6.07, 6.45) is 1.59. The highest BCUT2D eigenvalue weighted by Crippen LogP contribution is 2.40. The van der Waals surface area contributed by atoms with Crippen molar-refractivity contribution in [2.24, 2.45) is 0 Å². The fraction of sp³-hybridized carbons (Fsp3) is 0.188. The SMILES string of the molecule is CC(C)c1ccc(-c2c(N)noc2-c2ccoc2Br)cc1. The molecule has 3 aromatic rings. The number of nitrogens with zero attached hydrogens (tertiary/aromatic N) is 1. The number of nitrogen functional groups attached to an aromatic ring is 1. The van der Waals surface area contributed by atoms with E-state index in [0.29, 0.717) is 22.2 Å². The summed E-state index contributed by atoms with van der Waals surface area (Å²) in [6.45, 7) is 4.33. The molecule has 0 fully saturated rings. The van der Waals surface area contributed by atoms with Crippen molar-refractivity contribution in [1.82, 2.24) is 5.16 Å². The molecule has 0 unspecified atom stereocenters. The smallest absolute Gasteiger partial charge is 0.181 e. The maximum atomic E-state index is 5.98. The molecule has 2 heterocycles. The molecule has 1 aromatic carbocycles. The number of anilines is 1. The number of rotatable bonds is 3. The van der Waals surface area contributed by atoms with Gasteiger partial charge in [-0.05, 0) is 39.0 Å². The van der Waals surface area contributed by atoms with Gasteiger partial charge in [-0.1, -0.05) is 43.3 Å². The zero-order valence-electron chi connectivity index (χ0n) is 11.8. The summed E-state index contributed by atoms with van der Waals surface area (Å²) in [5, 5.41) is 3.89. The first kappa shape index (κ1) is 13.9. The van der Waals surface area contributed by atoms with Gasteiger partial charge in [0, 0.05) is 0 Å². The molecule has 0 aliphatic rings. The number of hydrogen-bond donors (Lipinski definition) is 1. The Morgan fingerprint density at radius 3 is 2.43 bits per heavy atom. The minimum atomic E-state index is 0.371. The lowest BCUT2D eigenvalue weighted by atomic mass is 9.98. The van der Waals surface area contributed by atoms with Crippen LogP contribution >= 0.6 is 15.9 Å². The first-order valence-electron chi connectivity index (χ1n) is 6.66. The zero-order chi connectivity index (χ0) is 15.0. The minimum absolute atomic E-state index is 0.371. The third-order valence-corrected chi connectivity index (χ3v) is 4.06. The van der Waals surface area contributed by atoms with Crippen LogP contribution in [-0.4, -0.2) is 5.16 Å². The van der Waals surface area contributed by atoms with Crippen LogP contribution in [-0.2, 0) is 0 Å². The average molecular weight is 347 g/mol. The number of hydrogen-bond acceptors (Lipinski definition) is 4. The van der Waals surface area contributed by atoms with Gasteiger partial charge in [0.15, 0.2) is 16.2 Å². The van der Waals surface area contributed by atoms with E-state index in [1.807, 2.05) is 18.2 Å². The van der Waals surface area contributed by atoms with Crippen LogP contribution in [0.2, 0.25) is 0 Å². The Labute approximate surface area is 131 Å². The summed E-state index contributed by atoms with van der Waals surface area (Å²) in [5.74, 6) is 1.46. The Morgan fingerprint density at radius 1 is 1.14 bits per heavy atom. The fourth-order valence-electron chi connectivity index (χ4n) is 2.26. The van der Waals surface area contributed by atoms with Crippen molar-refractivity contribution in [1.29, 1.82) is 0 Å². The molecule has 0 spiro atoms. The molecule has 0 aliphatic heterocycles. The molecule has 108 valence electrons. The highest BCUT2D eigenvalue weighted by Gasteiger charge is 2.21. The van der Waals surface area contributed by atoms with E-state index in [0.717, 1.165) is 16.7 Å². The predicted molar refractivity (Wildman–Crippen MR) is 85.8 cm³/mol. The fourth-order valence-corrected chi connectivity index (χ4v) is 2.68. The van der Waals surface area contributed by atoms with Crippen molar-refractivity contribution in [2.75, 3.05) is 5.73 Å². The van der Waals surface area contributed by atoms with Gasteiger partial charge < -0.3 is 14.7 Å². The van der Waals surface area contributed by atoms with E-state index in [1.165, 1.54) is 5.56 Å². The van der Waals surface area contributed by atoms with Crippen LogP contribution in [0.4, 0.5) is 5.82 Å². The van der Waals surface area contributed by atoms with Crippen molar-refractivity contribution in [3.05, 3.63) is 46.8 Å². The van der Waals surface area contributed by atoms with Crippen molar-refractivity contribution in [3.63, 3.8) is 0 Å². The van der Waals surface area contributed by atoms with Crippen LogP contribution in [0, 0.1) is 0 Å². The lowest BCUT2D eigenvalue weighted by Crippen LogP contribution is -1.90. The molecule has 21 heavy (non-hydrogen) atoms. The van der Waals surface area contributed by atoms with E-state index in [9.17, 15) is 0 Å². The monoisotopic (exact) mass is 346 g/mol. The van der Waals surface area contributed by atoms with E-state index in [1.54, 1.807) is 6.26 Å². The molecule has 5 heteroatoms. The zero-order valence-corrected chi connectivity index (χ0v) is 13.3. The molecule has 2 N–H and O–H groups in total. The number of furan rings is 1. The normalized spacial score (nSPS) is 11.2. The van der Waals surface area contributed by atoms with Crippen LogP contribution in [0.15, 0.2) is 50.2 Å². The molecule has 0 amide bonds. The number of benzene rings is 1. The second-order valence-corrected chi connectivity index (χ2v) is 5.88. The third kappa shape index (κ3) is 2.49. The Kier molecular flexibility index (Phi) is 3.59. The van der Waals surface area contributed by atoms with E-state index >= 15 is 0 Å². The molecule has 2 aromatic heterocycles. The minimum Gasteiger partial charge on any atom is -0.457 e. The van der Waals surface area contributed by atoms with Crippen molar-refractivity contribution in [3.8, 4) is 22.5 Å². The van der Waals surface area contributed by atoms with Crippen LogP contribution < -0.4 is 5.73 Å². The van der Waals surface area contributed by atoms with Crippen molar-refractivity contribution >= 4 is 21.7 Å².